The molecule has 0 aliphatic heterocycles. The molecule has 108 valence electrons. The van der Waals surface area contributed by atoms with Crippen LogP contribution in [0.2, 0.25) is 0 Å². The molecule has 1 heterocycles. The molecule has 1 atom stereocenters. The van der Waals surface area contributed by atoms with Gasteiger partial charge in [-0.05, 0) is 29.8 Å². The number of aliphatic hydroxyl groups excluding tert-OH is 1. The normalized spacial score (nSPS) is 12.8. The third-order valence-electron chi connectivity index (χ3n) is 3.26. The Labute approximate surface area is 118 Å². The van der Waals surface area contributed by atoms with Crippen LogP contribution in [0.4, 0.5) is 13.2 Å². The number of fused-ring (bicyclic) bond motifs is 1. The van der Waals surface area contributed by atoms with Crippen molar-refractivity contribution in [1.82, 2.24) is 0 Å². The molecular formula is C16H11F3O2. The lowest BCUT2D eigenvalue weighted by atomic mass is 10.1. The standard InChI is InChI=1S/C16H11F3O2/c17-11-5-4-9(6-13(11)19)7-14(20)15-8-10-2-1-3-12(18)16(10)21-15/h1-6,8,14,20H,7H2. The highest BCUT2D eigenvalue weighted by atomic mass is 19.2. The molecule has 0 saturated heterocycles. The van der Waals surface area contributed by atoms with Crippen molar-refractivity contribution in [2.75, 3.05) is 0 Å². The Morgan fingerprint density at radius 2 is 1.76 bits per heavy atom. The predicted molar refractivity (Wildman–Crippen MR) is 71.2 cm³/mol. The van der Waals surface area contributed by atoms with E-state index in [4.69, 9.17) is 4.42 Å². The number of rotatable bonds is 3. The van der Waals surface area contributed by atoms with Crippen LogP contribution in [0.15, 0.2) is 46.9 Å². The van der Waals surface area contributed by atoms with E-state index in [1.807, 2.05) is 0 Å². The van der Waals surface area contributed by atoms with Crippen LogP contribution >= 0.6 is 0 Å². The van der Waals surface area contributed by atoms with Crippen LogP contribution in [-0.4, -0.2) is 5.11 Å². The molecule has 1 unspecified atom stereocenters. The summed E-state index contributed by atoms with van der Waals surface area (Å²) in [5.74, 6) is -2.26. The van der Waals surface area contributed by atoms with Gasteiger partial charge in [0.2, 0.25) is 0 Å². The molecule has 0 fully saturated rings. The average molecular weight is 292 g/mol. The summed E-state index contributed by atoms with van der Waals surface area (Å²) in [6, 6.07) is 9.39. The molecule has 0 amide bonds. The first kappa shape index (κ1) is 13.7. The van der Waals surface area contributed by atoms with Gasteiger partial charge in [0.05, 0.1) is 0 Å². The van der Waals surface area contributed by atoms with Gasteiger partial charge in [-0.1, -0.05) is 18.2 Å². The van der Waals surface area contributed by atoms with E-state index >= 15 is 0 Å². The van der Waals surface area contributed by atoms with Crippen molar-refractivity contribution in [2.24, 2.45) is 0 Å². The topological polar surface area (TPSA) is 33.4 Å². The number of hydrogen-bond acceptors (Lipinski definition) is 2. The highest BCUT2D eigenvalue weighted by molar-refractivity contribution is 5.78. The maximum absolute atomic E-state index is 13.5. The monoisotopic (exact) mass is 292 g/mol. The number of para-hydroxylation sites is 1. The van der Waals surface area contributed by atoms with Gasteiger partial charge in [0.15, 0.2) is 23.0 Å². The lowest BCUT2D eigenvalue weighted by Crippen LogP contribution is -2.01. The van der Waals surface area contributed by atoms with Crippen LogP contribution in [0.3, 0.4) is 0 Å². The number of furan rings is 1. The summed E-state index contributed by atoms with van der Waals surface area (Å²) < 4.78 is 44.8. The Morgan fingerprint density at radius 1 is 0.952 bits per heavy atom. The van der Waals surface area contributed by atoms with Crippen molar-refractivity contribution in [3.63, 3.8) is 0 Å². The molecule has 1 aromatic heterocycles. The lowest BCUT2D eigenvalue weighted by Gasteiger charge is -2.07. The summed E-state index contributed by atoms with van der Waals surface area (Å²) in [5.41, 5.74) is 0.485. The van der Waals surface area contributed by atoms with E-state index in [0.29, 0.717) is 10.9 Å². The third-order valence-corrected chi connectivity index (χ3v) is 3.26. The van der Waals surface area contributed by atoms with Gasteiger partial charge in [0.25, 0.3) is 0 Å². The first-order valence-electron chi connectivity index (χ1n) is 6.34. The fraction of sp³-hybridized carbons (Fsp3) is 0.125. The Kier molecular flexibility index (Phi) is 3.43. The summed E-state index contributed by atoms with van der Waals surface area (Å²) >= 11 is 0. The minimum atomic E-state index is -1.07. The van der Waals surface area contributed by atoms with E-state index in [9.17, 15) is 18.3 Å². The molecule has 0 aliphatic carbocycles. The molecule has 0 bridgehead atoms. The molecule has 0 spiro atoms. The zero-order chi connectivity index (χ0) is 15.0. The van der Waals surface area contributed by atoms with E-state index in [1.165, 1.54) is 18.2 Å². The zero-order valence-corrected chi connectivity index (χ0v) is 10.8. The van der Waals surface area contributed by atoms with Crippen LogP contribution in [0.5, 0.6) is 0 Å². The van der Waals surface area contributed by atoms with Crippen LogP contribution in [0, 0.1) is 17.5 Å². The van der Waals surface area contributed by atoms with Gasteiger partial charge in [-0.15, -0.1) is 0 Å². The minimum absolute atomic E-state index is 0.0403. The predicted octanol–water partition coefficient (Wildman–Crippen LogP) is 4.13. The molecule has 2 aromatic carbocycles. The van der Waals surface area contributed by atoms with Crippen molar-refractivity contribution in [1.29, 1.82) is 0 Å². The summed E-state index contributed by atoms with van der Waals surface area (Å²) in [5, 5.41) is 10.6. The second-order valence-corrected chi connectivity index (χ2v) is 4.78. The van der Waals surface area contributed by atoms with E-state index in [1.54, 1.807) is 12.1 Å². The molecule has 0 saturated carbocycles. The highest BCUT2D eigenvalue weighted by Crippen LogP contribution is 2.28. The molecule has 2 nitrogen and oxygen atoms in total. The minimum Gasteiger partial charge on any atom is -0.455 e. The molecule has 5 heteroatoms. The van der Waals surface area contributed by atoms with Gasteiger partial charge < -0.3 is 9.52 Å². The first-order chi connectivity index (χ1) is 10.0. The average Bonchev–Trinajstić information content (AvgIpc) is 2.89. The van der Waals surface area contributed by atoms with Crippen molar-refractivity contribution in [3.05, 3.63) is 71.2 Å². The maximum Gasteiger partial charge on any atom is 0.170 e. The SMILES string of the molecule is OC(Cc1ccc(F)c(F)c1)c1cc2cccc(F)c2o1. The fourth-order valence-corrected chi connectivity index (χ4v) is 2.20. The Hall–Kier alpha value is -2.27. The molecule has 1 N–H and O–H groups in total. The number of aliphatic hydroxyl groups is 1. The van der Waals surface area contributed by atoms with Gasteiger partial charge in [-0.3, -0.25) is 0 Å². The molecule has 21 heavy (non-hydrogen) atoms. The van der Waals surface area contributed by atoms with E-state index < -0.39 is 23.6 Å². The number of halogens is 3. The second kappa shape index (κ2) is 5.26. The largest absolute Gasteiger partial charge is 0.455 e. The summed E-state index contributed by atoms with van der Waals surface area (Å²) in [6.45, 7) is 0. The summed E-state index contributed by atoms with van der Waals surface area (Å²) in [6.07, 6.45) is -1.03. The smallest absolute Gasteiger partial charge is 0.170 e. The molecule has 0 radical (unpaired) electrons. The van der Waals surface area contributed by atoms with Crippen molar-refractivity contribution in [3.8, 4) is 0 Å². The summed E-state index contributed by atoms with van der Waals surface area (Å²) in [7, 11) is 0. The van der Waals surface area contributed by atoms with Gasteiger partial charge in [0.1, 0.15) is 11.9 Å². The Bertz CT molecular complexity index is 795. The van der Waals surface area contributed by atoms with Gasteiger partial charge in [-0.25, -0.2) is 13.2 Å². The van der Waals surface area contributed by atoms with Crippen molar-refractivity contribution >= 4 is 11.0 Å². The molecule has 3 rings (SSSR count). The first-order valence-corrected chi connectivity index (χ1v) is 6.34. The van der Waals surface area contributed by atoms with Crippen LogP contribution in [-0.2, 0) is 6.42 Å². The maximum atomic E-state index is 13.5. The quantitative estimate of drug-likeness (QED) is 0.787. The third kappa shape index (κ3) is 2.64. The fourth-order valence-electron chi connectivity index (χ4n) is 2.20. The Balaban J connectivity index is 1.87. The number of benzene rings is 2. The van der Waals surface area contributed by atoms with Crippen molar-refractivity contribution in [2.45, 2.75) is 12.5 Å². The zero-order valence-electron chi connectivity index (χ0n) is 10.8. The van der Waals surface area contributed by atoms with Crippen molar-refractivity contribution < 1.29 is 22.7 Å². The molecular weight excluding hydrogens is 281 g/mol. The Morgan fingerprint density at radius 3 is 2.48 bits per heavy atom. The van der Waals surface area contributed by atoms with E-state index in [-0.39, 0.29) is 17.8 Å². The molecule has 3 aromatic rings. The van der Waals surface area contributed by atoms with Gasteiger partial charge in [0, 0.05) is 11.8 Å². The van der Waals surface area contributed by atoms with Crippen LogP contribution in [0.1, 0.15) is 17.4 Å². The second-order valence-electron chi connectivity index (χ2n) is 4.78. The summed E-state index contributed by atoms with van der Waals surface area (Å²) in [4.78, 5) is 0. The van der Waals surface area contributed by atoms with E-state index in [2.05, 4.69) is 0 Å². The number of hydrogen-bond donors (Lipinski definition) is 1. The van der Waals surface area contributed by atoms with Gasteiger partial charge in [-0.2, -0.15) is 0 Å². The van der Waals surface area contributed by atoms with E-state index in [0.717, 1.165) is 12.1 Å². The van der Waals surface area contributed by atoms with Crippen LogP contribution < -0.4 is 0 Å². The highest BCUT2D eigenvalue weighted by Gasteiger charge is 2.16. The molecule has 0 aliphatic rings. The lowest BCUT2D eigenvalue weighted by molar-refractivity contribution is 0.152. The van der Waals surface area contributed by atoms with Crippen LogP contribution in [0.25, 0.3) is 11.0 Å². The van der Waals surface area contributed by atoms with Gasteiger partial charge >= 0.3 is 0 Å².